The molecule has 0 unspecified atom stereocenters. The van der Waals surface area contributed by atoms with Gasteiger partial charge in [-0.15, -0.1) is 0 Å². The highest BCUT2D eigenvalue weighted by molar-refractivity contribution is 7.89. The van der Waals surface area contributed by atoms with Gasteiger partial charge >= 0.3 is 5.97 Å². The van der Waals surface area contributed by atoms with E-state index in [1.54, 1.807) is 31.4 Å². The van der Waals surface area contributed by atoms with Crippen LogP contribution in [0.4, 0.5) is 0 Å². The Balaban J connectivity index is 1.93. The molecule has 0 spiro atoms. The van der Waals surface area contributed by atoms with Gasteiger partial charge in [0.1, 0.15) is 0 Å². The van der Waals surface area contributed by atoms with Crippen LogP contribution in [0.25, 0.3) is 0 Å². The summed E-state index contributed by atoms with van der Waals surface area (Å²) in [6, 6.07) is 5.21. The van der Waals surface area contributed by atoms with Gasteiger partial charge in [-0.1, -0.05) is 6.07 Å². The molecule has 1 fully saturated rings. The molecule has 2 aromatic heterocycles. The van der Waals surface area contributed by atoms with Crippen molar-refractivity contribution in [3.05, 3.63) is 42.6 Å². The summed E-state index contributed by atoms with van der Waals surface area (Å²) in [7, 11) is -2.14. The van der Waals surface area contributed by atoms with Crippen LogP contribution in [-0.4, -0.2) is 51.4 Å². The Hall–Kier alpha value is -2.26. The predicted molar refractivity (Wildman–Crippen MR) is 80.1 cm³/mol. The summed E-state index contributed by atoms with van der Waals surface area (Å²) < 4.78 is 28.0. The first-order valence-corrected chi connectivity index (χ1v) is 8.45. The highest BCUT2D eigenvalue weighted by Gasteiger charge is 2.44. The van der Waals surface area contributed by atoms with Crippen molar-refractivity contribution in [2.45, 2.75) is 10.9 Å². The van der Waals surface area contributed by atoms with E-state index < -0.39 is 27.8 Å². The number of sulfonamides is 1. The number of aromatic nitrogens is 3. The number of pyridine rings is 1. The van der Waals surface area contributed by atoms with Crippen LogP contribution in [0.2, 0.25) is 0 Å². The molecule has 9 heteroatoms. The van der Waals surface area contributed by atoms with Crippen LogP contribution in [0, 0.1) is 5.92 Å². The summed E-state index contributed by atoms with van der Waals surface area (Å²) in [6.07, 6.45) is 4.37. The zero-order chi connectivity index (χ0) is 16.6. The first-order chi connectivity index (χ1) is 10.9. The fourth-order valence-electron chi connectivity index (χ4n) is 2.76. The van der Waals surface area contributed by atoms with E-state index in [1.165, 1.54) is 21.4 Å². The average molecular weight is 336 g/mol. The van der Waals surface area contributed by atoms with E-state index in [2.05, 4.69) is 9.97 Å². The third kappa shape index (κ3) is 2.84. The van der Waals surface area contributed by atoms with Gasteiger partial charge in [-0.2, -0.15) is 4.31 Å². The topological polar surface area (TPSA) is 105 Å². The summed E-state index contributed by atoms with van der Waals surface area (Å²) in [5.74, 6) is -2.34. The van der Waals surface area contributed by atoms with Crippen LogP contribution in [-0.2, 0) is 21.9 Å². The lowest BCUT2D eigenvalue weighted by molar-refractivity contribution is -0.141. The van der Waals surface area contributed by atoms with Crippen molar-refractivity contribution in [3.63, 3.8) is 0 Å². The lowest BCUT2D eigenvalue weighted by Gasteiger charge is -2.14. The summed E-state index contributed by atoms with van der Waals surface area (Å²) in [6.45, 7) is -0.0115. The second-order valence-electron chi connectivity index (χ2n) is 5.51. The fourth-order valence-corrected chi connectivity index (χ4v) is 4.22. The fraction of sp³-hybridized carbons (Fsp3) is 0.357. The largest absolute Gasteiger partial charge is 0.481 e. The zero-order valence-corrected chi connectivity index (χ0v) is 13.2. The molecular formula is C14H16N4O4S. The standard InChI is InChI=1S/C14H16N4O4S/c1-17-8-13(16-9-17)23(21,22)18-6-10(11(7-18)14(19)20)12-4-2-3-5-15-12/h2-5,8-11H,6-7H2,1H3,(H,19,20)/t10-,11-/m0/s1. The van der Waals surface area contributed by atoms with Gasteiger partial charge in [0.05, 0.1) is 12.2 Å². The van der Waals surface area contributed by atoms with E-state index in [4.69, 9.17) is 0 Å². The highest BCUT2D eigenvalue weighted by Crippen LogP contribution is 2.34. The van der Waals surface area contributed by atoms with Crippen LogP contribution in [0.1, 0.15) is 11.6 Å². The molecule has 23 heavy (non-hydrogen) atoms. The number of carboxylic acids is 1. The number of aryl methyl sites for hydroxylation is 1. The molecule has 1 N–H and O–H groups in total. The molecule has 1 saturated heterocycles. The van der Waals surface area contributed by atoms with E-state index in [-0.39, 0.29) is 18.1 Å². The van der Waals surface area contributed by atoms with Crippen LogP contribution >= 0.6 is 0 Å². The monoisotopic (exact) mass is 336 g/mol. The Labute approximate surface area is 133 Å². The second-order valence-corrected chi connectivity index (χ2v) is 7.39. The molecule has 1 aliphatic heterocycles. The van der Waals surface area contributed by atoms with Crippen LogP contribution in [0.15, 0.2) is 41.9 Å². The van der Waals surface area contributed by atoms with Gasteiger partial charge in [0, 0.05) is 44.1 Å². The number of hydrogen-bond acceptors (Lipinski definition) is 5. The van der Waals surface area contributed by atoms with E-state index in [1.807, 2.05) is 0 Å². The van der Waals surface area contributed by atoms with E-state index >= 15 is 0 Å². The van der Waals surface area contributed by atoms with Crippen molar-refractivity contribution < 1.29 is 18.3 Å². The molecular weight excluding hydrogens is 320 g/mol. The maximum absolute atomic E-state index is 12.6. The van der Waals surface area contributed by atoms with Gasteiger partial charge in [-0.3, -0.25) is 9.78 Å². The highest BCUT2D eigenvalue weighted by atomic mass is 32.2. The Morgan fingerprint density at radius 3 is 2.65 bits per heavy atom. The molecule has 0 saturated carbocycles. The summed E-state index contributed by atoms with van der Waals surface area (Å²) in [5, 5.41) is 9.36. The summed E-state index contributed by atoms with van der Waals surface area (Å²) in [5.41, 5.74) is 0.582. The Kier molecular flexibility index (Phi) is 3.90. The SMILES string of the molecule is Cn1cnc(S(=O)(=O)N2C[C@H](C(=O)O)[C@@H](c3ccccn3)C2)c1. The lowest BCUT2D eigenvalue weighted by atomic mass is 9.93. The third-order valence-corrected chi connectivity index (χ3v) is 5.67. The third-order valence-electron chi connectivity index (χ3n) is 3.96. The van der Waals surface area contributed by atoms with Crippen molar-refractivity contribution in [3.8, 4) is 0 Å². The summed E-state index contributed by atoms with van der Waals surface area (Å²) >= 11 is 0. The molecule has 122 valence electrons. The minimum Gasteiger partial charge on any atom is -0.481 e. The quantitative estimate of drug-likeness (QED) is 0.861. The minimum atomic E-state index is -3.81. The maximum atomic E-state index is 12.6. The molecule has 0 radical (unpaired) electrons. The Bertz CT molecular complexity index is 818. The predicted octanol–water partition coefficient (Wildman–Crippen LogP) is 0.304. The molecule has 2 aromatic rings. The van der Waals surface area contributed by atoms with E-state index in [0.717, 1.165) is 0 Å². The molecule has 0 aromatic carbocycles. The molecule has 3 rings (SSSR count). The normalized spacial score (nSPS) is 22.3. The van der Waals surface area contributed by atoms with Crippen molar-refractivity contribution in [2.75, 3.05) is 13.1 Å². The molecule has 8 nitrogen and oxygen atoms in total. The lowest BCUT2D eigenvalue weighted by Crippen LogP contribution is -2.30. The molecule has 3 heterocycles. The second kappa shape index (κ2) is 5.74. The first-order valence-electron chi connectivity index (χ1n) is 7.01. The number of carboxylic acid groups (broad SMARTS) is 1. The number of rotatable bonds is 4. The maximum Gasteiger partial charge on any atom is 0.308 e. The Morgan fingerprint density at radius 2 is 2.09 bits per heavy atom. The van der Waals surface area contributed by atoms with E-state index in [9.17, 15) is 18.3 Å². The Morgan fingerprint density at radius 1 is 1.30 bits per heavy atom. The van der Waals surface area contributed by atoms with Gasteiger partial charge in [-0.05, 0) is 12.1 Å². The van der Waals surface area contributed by atoms with Gasteiger partial charge in [0.25, 0.3) is 10.0 Å². The van der Waals surface area contributed by atoms with Crippen molar-refractivity contribution in [1.82, 2.24) is 18.8 Å². The molecule has 1 aliphatic rings. The molecule has 0 bridgehead atoms. The number of aliphatic carboxylic acids is 1. The van der Waals surface area contributed by atoms with Crippen molar-refractivity contribution >= 4 is 16.0 Å². The van der Waals surface area contributed by atoms with Gasteiger partial charge in [0.15, 0.2) is 5.03 Å². The molecule has 2 atom stereocenters. The van der Waals surface area contributed by atoms with Crippen LogP contribution in [0.3, 0.4) is 0 Å². The summed E-state index contributed by atoms with van der Waals surface area (Å²) in [4.78, 5) is 19.6. The zero-order valence-electron chi connectivity index (χ0n) is 12.4. The van der Waals surface area contributed by atoms with Gasteiger partial charge in [-0.25, -0.2) is 13.4 Å². The van der Waals surface area contributed by atoms with Crippen molar-refractivity contribution in [2.24, 2.45) is 13.0 Å². The number of nitrogens with zero attached hydrogens (tertiary/aromatic N) is 4. The van der Waals surface area contributed by atoms with Gasteiger partial charge in [0.2, 0.25) is 0 Å². The van der Waals surface area contributed by atoms with E-state index in [0.29, 0.717) is 5.69 Å². The average Bonchev–Trinajstić information content (AvgIpc) is 3.15. The molecule has 0 amide bonds. The smallest absolute Gasteiger partial charge is 0.308 e. The van der Waals surface area contributed by atoms with Crippen molar-refractivity contribution in [1.29, 1.82) is 0 Å². The van der Waals surface area contributed by atoms with Crippen LogP contribution in [0.5, 0.6) is 0 Å². The first kappa shape index (κ1) is 15.6. The number of carbonyl (C=O) groups is 1. The van der Waals surface area contributed by atoms with Crippen LogP contribution < -0.4 is 0 Å². The molecule has 0 aliphatic carbocycles. The minimum absolute atomic E-state index is 0.0763. The number of imidazole rings is 1. The number of hydrogen-bond donors (Lipinski definition) is 1. The van der Waals surface area contributed by atoms with Gasteiger partial charge < -0.3 is 9.67 Å².